The number of allylic oxidation sites excluding steroid dienone is 2. The third kappa shape index (κ3) is 2.70. The van der Waals surface area contributed by atoms with E-state index in [1.54, 1.807) is 4.68 Å². The average molecular weight is 389 g/mol. The first-order valence-corrected chi connectivity index (χ1v) is 9.78. The number of aryl methyl sites for hydroxylation is 1. The Morgan fingerprint density at radius 3 is 2.66 bits per heavy atom. The number of Topliss-reactive ketones (excluding diaryl/α,β-unsaturated/α-hetero) is 1. The number of fused-ring (bicyclic) bond motifs is 1. The van der Waals surface area contributed by atoms with Crippen LogP contribution in [-0.2, 0) is 4.79 Å². The molecule has 8 heteroatoms. The summed E-state index contributed by atoms with van der Waals surface area (Å²) in [4.78, 5) is 13.3. The quantitative estimate of drug-likeness (QED) is 0.724. The van der Waals surface area contributed by atoms with Crippen molar-refractivity contribution in [2.24, 2.45) is 5.41 Å². The molecule has 0 bridgehead atoms. The number of nitrogens with one attached hydrogen (secondary N) is 1. The molecule has 0 unspecified atom stereocenters. The Morgan fingerprint density at radius 2 is 1.90 bits per heavy atom. The lowest BCUT2D eigenvalue weighted by Crippen LogP contribution is -2.37. The minimum Gasteiger partial charge on any atom is -0.326 e. The van der Waals surface area contributed by atoms with Gasteiger partial charge in [-0.05, 0) is 48.2 Å². The van der Waals surface area contributed by atoms with Gasteiger partial charge < -0.3 is 5.32 Å². The van der Waals surface area contributed by atoms with Gasteiger partial charge in [-0.15, -0.1) is 0 Å². The van der Waals surface area contributed by atoms with Crippen molar-refractivity contribution in [3.05, 3.63) is 58.6 Å². The summed E-state index contributed by atoms with van der Waals surface area (Å²) in [7, 11) is 0. The molecule has 1 atom stereocenters. The van der Waals surface area contributed by atoms with Gasteiger partial charge in [-0.3, -0.25) is 4.79 Å². The summed E-state index contributed by atoms with van der Waals surface area (Å²) in [6, 6.07) is 9.62. The SMILES string of the molecule is Cc1nn(-c2ccccc2)c(C)c1[C@H]1C2=C(CC(C)(C)CC2=O)Nc2nnnn21. The third-order valence-electron chi connectivity index (χ3n) is 5.81. The van der Waals surface area contributed by atoms with E-state index in [9.17, 15) is 4.79 Å². The molecule has 0 radical (unpaired) electrons. The highest BCUT2D eigenvalue weighted by Crippen LogP contribution is 2.46. The standard InChI is InChI=1S/C21H23N7O/c1-12-17(13(2)27(24-12)14-8-6-5-7-9-14)19-18-15(10-21(3,4)11-16(18)29)22-20-23-25-26-28(19)20/h5-9,19H,10-11H2,1-4H3,(H,22,23,26)/t19-/m0/s1. The molecule has 1 aromatic carbocycles. The fraction of sp³-hybridized carbons (Fsp3) is 0.381. The van der Waals surface area contributed by atoms with Gasteiger partial charge in [-0.25, -0.2) is 4.68 Å². The Hall–Kier alpha value is -3.29. The van der Waals surface area contributed by atoms with Crippen LogP contribution < -0.4 is 5.32 Å². The van der Waals surface area contributed by atoms with E-state index in [-0.39, 0.29) is 17.2 Å². The Balaban J connectivity index is 1.72. The van der Waals surface area contributed by atoms with E-state index in [1.165, 1.54) is 0 Å². The third-order valence-corrected chi connectivity index (χ3v) is 5.81. The van der Waals surface area contributed by atoms with Crippen molar-refractivity contribution in [3.63, 3.8) is 0 Å². The zero-order valence-electron chi connectivity index (χ0n) is 17.0. The zero-order chi connectivity index (χ0) is 20.3. The van der Waals surface area contributed by atoms with Crippen molar-refractivity contribution in [1.29, 1.82) is 0 Å². The predicted octanol–water partition coefficient (Wildman–Crippen LogP) is 3.13. The van der Waals surface area contributed by atoms with Crippen LogP contribution in [0.15, 0.2) is 41.6 Å². The number of hydrogen-bond donors (Lipinski definition) is 1. The molecule has 2 aliphatic rings. The largest absolute Gasteiger partial charge is 0.326 e. The number of para-hydroxylation sites is 1. The summed E-state index contributed by atoms with van der Waals surface area (Å²) in [6.45, 7) is 8.25. The van der Waals surface area contributed by atoms with Crippen LogP contribution in [0.3, 0.4) is 0 Å². The number of tetrazole rings is 1. The van der Waals surface area contributed by atoms with Gasteiger partial charge in [-0.2, -0.15) is 9.78 Å². The van der Waals surface area contributed by atoms with Crippen molar-refractivity contribution in [2.75, 3.05) is 5.32 Å². The van der Waals surface area contributed by atoms with Gasteiger partial charge in [0.1, 0.15) is 6.04 Å². The molecular formula is C21H23N7O. The number of carbonyl (C=O) groups excluding carboxylic acids is 1. The lowest BCUT2D eigenvalue weighted by Gasteiger charge is -2.37. The number of benzene rings is 1. The van der Waals surface area contributed by atoms with Gasteiger partial charge in [0.25, 0.3) is 0 Å². The maximum atomic E-state index is 13.3. The number of hydrogen-bond acceptors (Lipinski definition) is 6. The zero-order valence-corrected chi connectivity index (χ0v) is 17.0. The Labute approximate surface area is 168 Å². The lowest BCUT2D eigenvalue weighted by molar-refractivity contribution is -0.118. The van der Waals surface area contributed by atoms with E-state index in [2.05, 4.69) is 34.7 Å². The molecule has 8 nitrogen and oxygen atoms in total. The van der Waals surface area contributed by atoms with Crippen LogP contribution in [0.2, 0.25) is 0 Å². The molecule has 148 valence electrons. The number of anilines is 1. The van der Waals surface area contributed by atoms with Crippen LogP contribution in [0, 0.1) is 19.3 Å². The summed E-state index contributed by atoms with van der Waals surface area (Å²) in [5, 5.41) is 20.3. The summed E-state index contributed by atoms with van der Waals surface area (Å²) in [5.41, 5.74) is 5.38. The van der Waals surface area contributed by atoms with Crippen LogP contribution in [0.25, 0.3) is 5.69 Å². The first-order valence-electron chi connectivity index (χ1n) is 9.78. The van der Waals surface area contributed by atoms with Gasteiger partial charge in [-0.1, -0.05) is 37.1 Å². The van der Waals surface area contributed by atoms with Gasteiger partial charge in [0, 0.05) is 28.9 Å². The monoisotopic (exact) mass is 389 g/mol. The molecule has 3 aromatic rings. The highest BCUT2D eigenvalue weighted by molar-refractivity contribution is 6.00. The molecule has 29 heavy (non-hydrogen) atoms. The molecule has 3 heterocycles. The van der Waals surface area contributed by atoms with E-state index < -0.39 is 0 Å². The maximum Gasteiger partial charge on any atom is 0.248 e. The molecule has 0 saturated carbocycles. The number of nitrogens with zero attached hydrogens (tertiary/aromatic N) is 6. The number of aromatic nitrogens is 6. The van der Waals surface area contributed by atoms with Crippen molar-refractivity contribution in [2.45, 2.75) is 46.6 Å². The average Bonchev–Trinajstić information content (AvgIpc) is 3.24. The molecule has 1 aliphatic heterocycles. The first kappa shape index (κ1) is 17.8. The molecule has 0 spiro atoms. The second-order valence-electron chi connectivity index (χ2n) is 8.64. The van der Waals surface area contributed by atoms with Crippen molar-refractivity contribution < 1.29 is 4.79 Å². The second-order valence-corrected chi connectivity index (χ2v) is 8.64. The molecule has 0 saturated heterocycles. The van der Waals surface area contributed by atoms with E-state index in [0.29, 0.717) is 12.4 Å². The summed E-state index contributed by atoms with van der Waals surface area (Å²) < 4.78 is 3.63. The van der Waals surface area contributed by atoms with Crippen molar-refractivity contribution in [1.82, 2.24) is 30.0 Å². The topological polar surface area (TPSA) is 90.5 Å². The van der Waals surface area contributed by atoms with Gasteiger partial charge in [0.05, 0.1) is 11.4 Å². The molecule has 5 rings (SSSR count). The minimum absolute atomic E-state index is 0.0958. The van der Waals surface area contributed by atoms with Gasteiger partial charge in [0.2, 0.25) is 5.95 Å². The molecular weight excluding hydrogens is 366 g/mol. The van der Waals surface area contributed by atoms with Crippen LogP contribution in [0.1, 0.15) is 49.7 Å². The fourth-order valence-corrected chi connectivity index (χ4v) is 4.61. The van der Waals surface area contributed by atoms with E-state index in [4.69, 9.17) is 5.10 Å². The second kappa shape index (κ2) is 6.10. The Morgan fingerprint density at radius 1 is 1.14 bits per heavy atom. The first-order chi connectivity index (χ1) is 13.9. The molecule has 1 N–H and O–H groups in total. The molecule has 2 aromatic heterocycles. The Kier molecular flexibility index (Phi) is 3.74. The normalized spacial score (nSPS) is 20.3. The van der Waals surface area contributed by atoms with E-state index >= 15 is 0 Å². The highest BCUT2D eigenvalue weighted by Gasteiger charge is 2.43. The molecule has 0 amide bonds. The van der Waals surface area contributed by atoms with Gasteiger partial charge >= 0.3 is 0 Å². The number of carbonyl (C=O) groups is 1. The lowest BCUT2D eigenvalue weighted by atomic mass is 9.73. The minimum atomic E-state index is -0.377. The van der Waals surface area contributed by atoms with Crippen LogP contribution in [0.4, 0.5) is 5.95 Å². The summed E-state index contributed by atoms with van der Waals surface area (Å²) in [5.74, 6) is 0.701. The van der Waals surface area contributed by atoms with E-state index in [1.807, 2.05) is 48.9 Å². The van der Waals surface area contributed by atoms with Gasteiger partial charge in [0.15, 0.2) is 5.78 Å². The smallest absolute Gasteiger partial charge is 0.248 e. The van der Waals surface area contributed by atoms with E-state index in [0.717, 1.165) is 40.3 Å². The number of ketones is 1. The maximum absolute atomic E-state index is 13.3. The van der Waals surface area contributed by atoms with Crippen LogP contribution >= 0.6 is 0 Å². The highest BCUT2D eigenvalue weighted by atomic mass is 16.1. The molecule has 1 aliphatic carbocycles. The summed E-state index contributed by atoms with van der Waals surface area (Å²) in [6.07, 6.45) is 1.29. The van der Waals surface area contributed by atoms with Crippen LogP contribution in [-0.4, -0.2) is 35.8 Å². The predicted molar refractivity (Wildman–Crippen MR) is 108 cm³/mol. The fourth-order valence-electron chi connectivity index (χ4n) is 4.61. The number of rotatable bonds is 2. The Bertz CT molecular complexity index is 1150. The van der Waals surface area contributed by atoms with Crippen LogP contribution in [0.5, 0.6) is 0 Å². The summed E-state index contributed by atoms with van der Waals surface area (Å²) >= 11 is 0. The van der Waals surface area contributed by atoms with Crippen molar-refractivity contribution >= 4 is 11.7 Å². The molecule has 0 fully saturated rings. The van der Waals surface area contributed by atoms with Crippen molar-refractivity contribution in [3.8, 4) is 5.69 Å².